The molecule has 0 radical (unpaired) electrons. The number of carbonyl (C=O) groups is 1. The minimum Gasteiger partial charge on any atom is -0.354 e. The van der Waals surface area contributed by atoms with Gasteiger partial charge in [-0.1, -0.05) is 32.0 Å². The van der Waals surface area contributed by atoms with E-state index in [-0.39, 0.29) is 18.4 Å². The summed E-state index contributed by atoms with van der Waals surface area (Å²) in [6.07, 6.45) is 3.51. The molecule has 1 aromatic heterocycles. The van der Waals surface area contributed by atoms with E-state index in [1.807, 2.05) is 26.8 Å². The first-order valence-corrected chi connectivity index (χ1v) is 10.2. The molecule has 1 N–H and O–H groups in total. The van der Waals surface area contributed by atoms with Crippen molar-refractivity contribution < 1.29 is 13.2 Å². The van der Waals surface area contributed by atoms with Crippen LogP contribution in [0.3, 0.4) is 0 Å². The summed E-state index contributed by atoms with van der Waals surface area (Å²) < 4.78 is 26.7. The summed E-state index contributed by atoms with van der Waals surface area (Å²) in [4.78, 5) is 16.4. The Morgan fingerprint density at radius 3 is 2.54 bits per heavy atom. The molecule has 0 saturated carbocycles. The van der Waals surface area contributed by atoms with E-state index in [1.165, 1.54) is 0 Å². The second kappa shape index (κ2) is 8.45. The highest BCUT2D eigenvalue weighted by atomic mass is 32.2. The maximum atomic E-state index is 13.4. The van der Waals surface area contributed by atoms with E-state index in [9.17, 15) is 13.2 Å². The third-order valence-electron chi connectivity index (χ3n) is 4.16. The van der Waals surface area contributed by atoms with Crippen molar-refractivity contribution in [1.82, 2.24) is 10.3 Å². The lowest BCUT2D eigenvalue weighted by molar-refractivity contribution is -0.121. The minimum absolute atomic E-state index is 0.0208. The van der Waals surface area contributed by atoms with E-state index in [2.05, 4.69) is 10.3 Å². The molecule has 0 saturated heterocycles. The van der Waals surface area contributed by atoms with Crippen LogP contribution in [-0.2, 0) is 14.6 Å². The summed E-state index contributed by atoms with van der Waals surface area (Å²) in [7, 11) is -3.69. The van der Waals surface area contributed by atoms with E-state index in [4.69, 9.17) is 0 Å². The predicted octanol–water partition coefficient (Wildman–Crippen LogP) is 3.38. The summed E-state index contributed by atoms with van der Waals surface area (Å²) in [5.41, 5.74) is 2.14. The molecule has 0 aliphatic heterocycles. The molecule has 0 unspecified atom stereocenters. The van der Waals surface area contributed by atoms with Crippen LogP contribution in [0.5, 0.6) is 0 Å². The standard InChI is InChI=1S/C20H26N2O3S/c1-14(2)10-20(23)22-13-19(17-6-5-9-21-12-17)26(24,25)18-11-15(3)7-8-16(18)4/h5-9,11-12,14,19H,10,13H2,1-4H3,(H,22,23)/t19-/m1/s1. The molecule has 1 aromatic carbocycles. The number of pyridine rings is 1. The molecule has 2 aromatic rings. The Morgan fingerprint density at radius 2 is 1.92 bits per heavy atom. The van der Waals surface area contributed by atoms with Gasteiger partial charge in [0.25, 0.3) is 0 Å². The maximum absolute atomic E-state index is 13.4. The molecule has 140 valence electrons. The molecule has 2 rings (SSSR count). The van der Waals surface area contributed by atoms with Gasteiger partial charge in [0.15, 0.2) is 9.84 Å². The van der Waals surface area contributed by atoms with E-state index >= 15 is 0 Å². The van der Waals surface area contributed by atoms with Crippen molar-refractivity contribution in [2.24, 2.45) is 5.92 Å². The number of nitrogens with zero attached hydrogens (tertiary/aromatic N) is 1. The summed E-state index contributed by atoms with van der Waals surface area (Å²) in [5.74, 6) is 0.0625. The van der Waals surface area contributed by atoms with Crippen molar-refractivity contribution in [2.45, 2.75) is 44.3 Å². The summed E-state index contributed by atoms with van der Waals surface area (Å²) >= 11 is 0. The van der Waals surface area contributed by atoms with Crippen molar-refractivity contribution in [1.29, 1.82) is 0 Å². The number of amides is 1. The molecule has 1 amide bonds. The lowest BCUT2D eigenvalue weighted by Gasteiger charge is -2.20. The van der Waals surface area contributed by atoms with Crippen molar-refractivity contribution in [3.8, 4) is 0 Å². The first-order valence-electron chi connectivity index (χ1n) is 8.69. The Bertz CT molecular complexity index is 862. The topological polar surface area (TPSA) is 76.1 Å². The highest BCUT2D eigenvalue weighted by Crippen LogP contribution is 2.30. The average molecular weight is 375 g/mol. The van der Waals surface area contributed by atoms with Crippen LogP contribution in [0.1, 0.15) is 42.2 Å². The molecule has 1 heterocycles. The van der Waals surface area contributed by atoms with Gasteiger partial charge in [-0.3, -0.25) is 9.78 Å². The minimum atomic E-state index is -3.69. The number of hydrogen-bond donors (Lipinski definition) is 1. The SMILES string of the molecule is Cc1ccc(C)c(S(=O)(=O)[C@H](CNC(=O)CC(C)C)c2cccnc2)c1. The predicted molar refractivity (Wildman–Crippen MR) is 103 cm³/mol. The third kappa shape index (κ3) is 4.91. The molecule has 0 fully saturated rings. The van der Waals surface area contributed by atoms with Gasteiger partial charge in [-0.15, -0.1) is 0 Å². The molecule has 0 bridgehead atoms. The van der Waals surface area contributed by atoms with Gasteiger partial charge in [0, 0.05) is 25.4 Å². The number of aromatic nitrogens is 1. The Balaban J connectivity index is 2.40. The lowest BCUT2D eigenvalue weighted by Crippen LogP contribution is -2.32. The first kappa shape index (κ1) is 20.1. The molecule has 1 atom stereocenters. The van der Waals surface area contributed by atoms with Gasteiger partial charge in [-0.05, 0) is 48.6 Å². The average Bonchev–Trinajstić information content (AvgIpc) is 2.57. The molecule has 6 heteroatoms. The Kier molecular flexibility index (Phi) is 6.53. The second-order valence-electron chi connectivity index (χ2n) is 6.99. The number of benzene rings is 1. The van der Waals surface area contributed by atoms with Gasteiger partial charge >= 0.3 is 0 Å². The zero-order valence-electron chi connectivity index (χ0n) is 15.7. The van der Waals surface area contributed by atoms with Crippen LogP contribution in [0, 0.1) is 19.8 Å². The highest BCUT2D eigenvalue weighted by molar-refractivity contribution is 7.91. The normalized spacial score (nSPS) is 12.8. The number of nitrogens with one attached hydrogen (secondary N) is 1. The molecule has 0 aliphatic carbocycles. The smallest absolute Gasteiger partial charge is 0.220 e. The van der Waals surface area contributed by atoms with Gasteiger partial charge in [0.05, 0.1) is 4.90 Å². The summed E-state index contributed by atoms with van der Waals surface area (Å²) in [6, 6.07) is 8.81. The van der Waals surface area contributed by atoms with E-state index in [0.29, 0.717) is 22.4 Å². The van der Waals surface area contributed by atoms with E-state index in [0.717, 1.165) is 5.56 Å². The molecule has 26 heavy (non-hydrogen) atoms. The van der Waals surface area contributed by atoms with E-state index in [1.54, 1.807) is 43.6 Å². The summed E-state index contributed by atoms with van der Waals surface area (Å²) in [6.45, 7) is 7.56. The zero-order chi connectivity index (χ0) is 19.3. The Hall–Kier alpha value is -2.21. The van der Waals surface area contributed by atoms with Gasteiger partial charge in [-0.25, -0.2) is 8.42 Å². The van der Waals surface area contributed by atoms with Crippen LogP contribution in [-0.4, -0.2) is 25.9 Å². The molecular formula is C20H26N2O3S. The molecule has 5 nitrogen and oxygen atoms in total. The number of carbonyl (C=O) groups excluding carboxylic acids is 1. The fourth-order valence-corrected chi connectivity index (χ4v) is 4.76. The number of sulfone groups is 1. The fourth-order valence-electron chi connectivity index (χ4n) is 2.79. The van der Waals surface area contributed by atoms with Crippen molar-refractivity contribution >= 4 is 15.7 Å². The van der Waals surface area contributed by atoms with Gasteiger partial charge < -0.3 is 5.32 Å². The lowest BCUT2D eigenvalue weighted by atomic mass is 10.1. The van der Waals surface area contributed by atoms with Crippen molar-refractivity contribution in [3.63, 3.8) is 0 Å². The monoisotopic (exact) mass is 374 g/mol. The van der Waals surface area contributed by atoms with Crippen LogP contribution in [0.15, 0.2) is 47.6 Å². The third-order valence-corrected chi connectivity index (χ3v) is 6.40. The molecular weight excluding hydrogens is 348 g/mol. The Morgan fingerprint density at radius 1 is 1.19 bits per heavy atom. The number of hydrogen-bond acceptors (Lipinski definition) is 4. The van der Waals surface area contributed by atoms with Gasteiger partial charge in [-0.2, -0.15) is 0 Å². The van der Waals surface area contributed by atoms with Crippen molar-refractivity contribution in [3.05, 3.63) is 59.4 Å². The number of aryl methyl sites for hydroxylation is 2. The highest BCUT2D eigenvalue weighted by Gasteiger charge is 2.31. The van der Waals surface area contributed by atoms with Gasteiger partial charge in [0.1, 0.15) is 5.25 Å². The fraction of sp³-hybridized carbons (Fsp3) is 0.400. The van der Waals surface area contributed by atoms with Crippen LogP contribution < -0.4 is 5.32 Å². The first-order chi connectivity index (χ1) is 12.2. The van der Waals surface area contributed by atoms with E-state index < -0.39 is 15.1 Å². The van der Waals surface area contributed by atoms with Gasteiger partial charge in [0.2, 0.25) is 5.91 Å². The maximum Gasteiger partial charge on any atom is 0.220 e. The quantitative estimate of drug-likeness (QED) is 0.806. The van der Waals surface area contributed by atoms with Crippen molar-refractivity contribution in [2.75, 3.05) is 6.54 Å². The van der Waals surface area contributed by atoms with Crippen LogP contribution in [0.4, 0.5) is 0 Å². The molecule has 0 aliphatic rings. The largest absolute Gasteiger partial charge is 0.354 e. The number of rotatable bonds is 7. The van der Waals surface area contributed by atoms with Crippen LogP contribution in [0.25, 0.3) is 0 Å². The van der Waals surface area contributed by atoms with Crippen LogP contribution in [0.2, 0.25) is 0 Å². The molecule has 0 spiro atoms. The zero-order valence-corrected chi connectivity index (χ0v) is 16.5. The Labute approximate surface area is 155 Å². The second-order valence-corrected chi connectivity index (χ2v) is 9.09. The summed E-state index contributed by atoms with van der Waals surface area (Å²) in [5, 5.41) is 1.89. The van der Waals surface area contributed by atoms with Crippen LogP contribution >= 0.6 is 0 Å².